The van der Waals surface area contributed by atoms with E-state index in [1.54, 1.807) is 0 Å². The van der Waals surface area contributed by atoms with Gasteiger partial charge in [0.25, 0.3) is 5.69 Å². The number of ether oxygens (including phenoxy) is 1. The van der Waals surface area contributed by atoms with Gasteiger partial charge in [-0.2, -0.15) is 0 Å². The SMILES string of the molecule is O=C(OC1CC2CCC1C2NS(=O)(=O)c1ccc(Cl)s1)c1ccccc1[N+](=O)[O-]. The number of carbonyl (C=O) groups excluding carboxylic acids is 1. The van der Waals surface area contributed by atoms with Crippen molar-refractivity contribution in [3.05, 3.63) is 56.4 Å². The van der Waals surface area contributed by atoms with Gasteiger partial charge in [-0.05, 0) is 43.4 Å². The van der Waals surface area contributed by atoms with E-state index >= 15 is 0 Å². The Morgan fingerprint density at radius 2 is 2.00 bits per heavy atom. The van der Waals surface area contributed by atoms with Gasteiger partial charge in [-0.3, -0.25) is 10.1 Å². The van der Waals surface area contributed by atoms with E-state index in [1.807, 2.05) is 0 Å². The van der Waals surface area contributed by atoms with E-state index in [0.717, 1.165) is 24.2 Å². The number of nitro groups is 1. The van der Waals surface area contributed by atoms with E-state index in [4.69, 9.17) is 16.3 Å². The Balaban J connectivity index is 1.48. The Morgan fingerprint density at radius 1 is 1.24 bits per heavy atom. The van der Waals surface area contributed by atoms with Gasteiger partial charge in [0.1, 0.15) is 15.9 Å². The highest BCUT2D eigenvalue weighted by atomic mass is 35.5. The second kappa shape index (κ2) is 7.67. The molecule has 1 aromatic carbocycles. The number of carbonyl (C=O) groups is 1. The van der Waals surface area contributed by atoms with Crippen molar-refractivity contribution in [3.63, 3.8) is 0 Å². The van der Waals surface area contributed by atoms with Crippen LogP contribution in [0.3, 0.4) is 0 Å². The maximum Gasteiger partial charge on any atom is 0.345 e. The summed E-state index contributed by atoms with van der Waals surface area (Å²) in [6.45, 7) is 0. The molecule has 0 aliphatic heterocycles. The molecule has 154 valence electrons. The van der Waals surface area contributed by atoms with Crippen molar-refractivity contribution >= 4 is 44.6 Å². The summed E-state index contributed by atoms with van der Waals surface area (Å²) in [7, 11) is -3.72. The fraction of sp³-hybridized carbons (Fsp3) is 0.389. The minimum absolute atomic E-state index is 0.0498. The number of para-hydroxylation sites is 1. The molecule has 1 N–H and O–H groups in total. The molecule has 0 radical (unpaired) electrons. The molecule has 2 aliphatic carbocycles. The van der Waals surface area contributed by atoms with Gasteiger partial charge in [-0.25, -0.2) is 17.9 Å². The van der Waals surface area contributed by atoms with Crippen molar-refractivity contribution in [1.29, 1.82) is 0 Å². The van der Waals surface area contributed by atoms with E-state index in [1.165, 1.54) is 36.4 Å². The standard InChI is InChI=1S/C18H17ClN2O6S2/c19-15-7-8-16(28-15)29(25,26)20-17-10-5-6-12(17)14(9-10)27-18(22)11-3-1-2-4-13(11)21(23)24/h1-4,7-8,10,12,14,17,20H,5-6,9H2. The number of benzene rings is 1. The molecule has 4 rings (SSSR count). The Hall–Kier alpha value is -2.01. The van der Waals surface area contributed by atoms with Crippen molar-refractivity contribution in [1.82, 2.24) is 4.72 Å². The van der Waals surface area contributed by atoms with Gasteiger partial charge < -0.3 is 4.74 Å². The topological polar surface area (TPSA) is 116 Å². The molecule has 29 heavy (non-hydrogen) atoms. The van der Waals surface area contributed by atoms with Crippen LogP contribution in [0.4, 0.5) is 5.69 Å². The van der Waals surface area contributed by atoms with Crippen molar-refractivity contribution in [2.75, 3.05) is 0 Å². The number of fused-ring (bicyclic) bond motifs is 2. The number of sulfonamides is 1. The second-order valence-corrected chi connectivity index (χ2v) is 10.8. The van der Waals surface area contributed by atoms with Crippen LogP contribution in [-0.2, 0) is 14.8 Å². The molecule has 4 atom stereocenters. The molecule has 2 fully saturated rings. The van der Waals surface area contributed by atoms with Gasteiger partial charge in [-0.1, -0.05) is 23.7 Å². The smallest absolute Gasteiger partial charge is 0.345 e. The quantitative estimate of drug-likeness (QED) is 0.403. The van der Waals surface area contributed by atoms with Gasteiger partial charge in [0.2, 0.25) is 10.0 Å². The van der Waals surface area contributed by atoms with E-state index in [9.17, 15) is 23.3 Å². The predicted octanol–water partition coefficient (Wildman–Crippen LogP) is 3.61. The molecule has 0 spiro atoms. The first kappa shape index (κ1) is 20.3. The van der Waals surface area contributed by atoms with Crippen molar-refractivity contribution in [3.8, 4) is 0 Å². The molecule has 0 saturated heterocycles. The third-order valence-electron chi connectivity index (χ3n) is 5.54. The van der Waals surface area contributed by atoms with Gasteiger partial charge in [0, 0.05) is 18.0 Å². The number of halogens is 1. The van der Waals surface area contributed by atoms with E-state index < -0.39 is 27.0 Å². The fourth-order valence-electron chi connectivity index (χ4n) is 4.27. The number of nitrogens with zero attached hydrogens (tertiary/aromatic N) is 1. The highest BCUT2D eigenvalue weighted by Crippen LogP contribution is 2.47. The Morgan fingerprint density at radius 3 is 2.69 bits per heavy atom. The van der Waals surface area contributed by atoms with Crippen LogP contribution in [0.2, 0.25) is 4.34 Å². The first-order chi connectivity index (χ1) is 13.8. The molecule has 11 heteroatoms. The molecule has 1 heterocycles. The van der Waals surface area contributed by atoms with Crippen LogP contribution in [0.15, 0.2) is 40.6 Å². The monoisotopic (exact) mass is 456 g/mol. The maximum absolute atomic E-state index is 12.6. The van der Waals surface area contributed by atoms with E-state index in [2.05, 4.69) is 4.72 Å². The molecule has 0 amide bonds. The number of thiophene rings is 1. The molecular formula is C18H17ClN2O6S2. The summed E-state index contributed by atoms with van der Waals surface area (Å²) >= 11 is 6.83. The molecular weight excluding hydrogens is 440 g/mol. The second-order valence-electron chi connectivity index (χ2n) is 7.16. The Kier molecular flexibility index (Phi) is 5.36. The highest BCUT2D eigenvalue weighted by molar-refractivity contribution is 7.91. The number of rotatable bonds is 6. The zero-order valence-electron chi connectivity index (χ0n) is 15.0. The largest absolute Gasteiger partial charge is 0.458 e. The summed E-state index contributed by atoms with van der Waals surface area (Å²) in [4.78, 5) is 23.1. The van der Waals surface area contributed by atoms with Gasteiger partial charge in [-0.15, -0.1) is 11.3 Å². The average molecular weight is 457 g/mol. The summed E-state index contributed by atoms with van der Waals surface area (Å²) in [5.41, 5.74) is -0.418. The van der Waals surface area contributed by atoms with Gasteiger partial charge >= 0.3 is 5.97 Å². The molecule has 1 aromatic heterocycles. The van der Waals surface area contributed by atoms with Crippen LogP contribution in [0.1, 0.15) is 29.6 Å². The normalized spacial score (nSPS) is 25.8. The van der Waals surface area contributed by atoms with Crippen molar-refractivity contribution in [2.24, 2.45) is 11.8 Å². The lowest BCUT2D eigenvalue weighted by Gasteiger charge is -2.22. The molecule has 2 aliphatic rings. The lowest BCUT2D eigenvalue weighted by molar-refractivity contribution is -0.385. The number of esters is 1. The predicted molar refractivity (Wildman–Crippen MR) is 107 cm³/mol. The molecule has 2 bridgehead atoms. The minimum atomic E-state index is -3.72. The number of nitrogens with one attached hydrogen (secondary N) is 1. The van der Waals surface area contributed by atoms with Crippen LogP contribution < -0.4 is 4.72 Å². The molecule has 2 saturated carbocycles. The van der Waals surface area contributed by atoms with E-state index in [0.29, 0.717) is 10.8 Å². The third kappa shape index (κ3) is 3.89. The summed E-state index contributed by atoms with van der Waals surface area (Å²) in [6.07, 6.45) is 1.59. The first-order valence-corrected chi connectivity index (χ1v) is 11.7. The minimum Gasteiger partial charge on any atom is -0.458 e. The fourth-order valence-corrected chi connectivity index (χ4v) is 7.13. The van der Waals surface area contributed by atoms with Crippen LogP contribution >= 0.6 is 22.9 Å². The lowest BCUT2D eigenvalue weighted by atomic mass is 9.97. The zero-order chi connectivity index (χ0) is 20.8. The zero-order valence-corrected chi connectivity index (χ0v) is 17.4. The van der Waals surface area contributed by atoms with Crippen molar-refractivity contribution in [2.45, 2.75) is 35.6 Å². The van der Waals surface area contributed by atoms with Crippen molar-refractivity contribution < 1.29 is 22.9 Å². The van der Waals surface area contributed by atoms with Crippen LogP contribution in [0.25, 0.3) is 0 Å². The summed E-state index contributed by atoms with van der Waals surface area (Å²) in [5.74, 6) is -0.882. The summed E-state index contributed by atoms with van der Waals surface area (Å²) < 4.78 is 34.1. The Bertz CT molecular complexity index is 1070. The van der Waals surface area contributed by atoms with Crippen LogP contribution in [-0.4, -0.2) is 31.5 Å². The third-order valence-corrected chi connectivity index (χ3v) is 8.72. The average Bonchev–Trinajstić information content (AvgIpc) is 3.36. The molecule has 4 unspecified atom stereocenters. The molecule has 2 aromatic rings. The van der Waals surface area contributed by atoms with Crippen LogP contribution in [0, 0.1) is 22.0 Å². The number of hydrogen-bond acceptors (Lipinski definition) is 7. The van der Waals surface area contributed by atoms with E-state index in [-0.39, 0.29) is 33.3 Å². The molecule has 8 nitrogen and oxygen atoms in total. The number of nitro benzene ring substituents is 1. The lowest BCUT2D eigenvalue weighted by Crippen LogP contribution is -2.39. The Labute approximate surface area is 176 Å². The summed E-state index contributed by atoms with van der Waals surface area (Å²) in [6, 6.07) is 8.26. The first-order valence-electron chi connectivity index (χ1n) is 8.98. The van der Waals surface area contributed by atoms with Crippen LogP contribution in [0.5, 0.6) is 0 Å². The highest BCUT2D eigenvalue weighted by Gasteiger charge is 2.51. The summed E-state index contributed by atoms with van der Waals surface area (Å²) in [5, 5.41) is 11.1. The van der Waals surface area contributed by atoms with Gasteiger partial charge in [0.05, 0.1) is 9.26 Å². The van der Waals surface area contributed by atoms with Gasteiger partial charge in [0.15, 0.2) is 0 Å². The maximum atomic E-state index is 12.6. The number of hydrogen-bond donors (Lipinski definition) is 1.